The van der Waals surface area contributed by atoms with Crippen molar-refractivity contribution in [2.75, 3.05) is 13.1 Å². The zero-order valence-corrected chi connectivity index (χ0v) is 32.2. The fourth-order valence-electron chi connectivity index (χ4n) is 7.20. The van der Waals surface area contributed by atoms with Crippen LogP contribution >= 0.6 is 11.8 Å². The van der Waals surface area contributed by atoms with Gasteiger partial charge in [0.05, 0.1) is 52.6 Å². The number of benzene rings is 3. The van der Waals surface area contributed by atoms with Gasteiger partial charge in [-0.3, -0.25) is 9.59 Å². The summed E-state index contributed by atoms with van der Waals surface area (Å²) in [5.74, 6) is -1.17. The van der Waals surface area contributed by atoms with Crippen LogP contribution in [0.2, 0.25) is 0 Å². The zero-order chi connectivity index (χ0) is 42.4. The van der Waals surface area contributed by atoms with E-state index in [0.717, 1.165) is 36.0 Å². The Balaban J connectivity index is 1.68. The summed E-state index contributed by atoms with van der Waals surface area (Å²) < 4.78 is 55.2. The van der Waals surface area contributed by atoms with Crippen molar-refractivity contribution in [2.24, 2.45) is 0 Å². The van der Waals surface area contributed by atoms with Crippen molar-refractivity contribution < 1.29 is 22.4 Å². The lowest BCUT2D eigenvalue weighted by molar-refractivity contribution is -0.138. The Morgan fingerprint density at radius 1 is 0.825 bits per heavy atom. The van der Waals surface area contributed by atoms with Crippen LogP contribution in [0.4, 0.5) is 17.6 Å². The highest BCUT2D eigenvalue weighted by Crippen LogP contribution is 2.35. The van der Waals surface area contributed by atoms with Crippen LogP contribution in [0.15, 0.2) is 58.5 Å². The molecular formula is C36H28B10F4N4O2S. The molecule has 0 fully saturated rings. The Labute approximate surface area is 348 Å². The fourth-order valence-corrected chi connectivity index (χ4v) is 8.17. The van der Waals surface area contributed by atoms with Crippen LogP contribution in [0, 0.1) is 5.82 Å². The van der Waals surface area contributed by atoms with Crippen LogP contribution in [0.3, 0.4) is 0 Å². The van der Waals surface area contributed by atoms with Gasteiger partial charge in [-0.1, -0.05) is 77.3 Å². The van der Waals surface area contributed by atoms with Gasteiger partial charge in [0, 0.05) is 17.0 Å². The number of thioether (sulfide) groups is 1. The molecule has 21 heteroatoms. The molecule has 0 bridgehead atoms. The maximum Gasteiger partial charge on any atom is 0.416 e. The number of amides is 1. The Bertz CT molecular complexity index is 2190. The van der Waals surface area contributed by atoms with Gasteiger partial charge in [-0.2, -0.15) is 18.2 Å². The van der Waals surface area contributed by atoms with Gasteiger partial charge in [-0.25, -0.2) is 4.39 Å². The van der Waals surface area contributed by atoms with E-state index in [1.165, 1.54) is 21.6 Å². The van der Waals surface area contributed by atoms with E-state index in [9.17, 15) is 22.4 Å². The van der Waals surface area contributed by atoms with Crippen molar-refractivity contribution >= 4 is 118 Å². The number of aromatic nitrogens is 2. The molecule has 0 unspecified atom stereocenters. The van der Waals surface area contributed by atoms with E-state index >= 15 is 4.79 Å². The van der Waals surface area contributed by atoms with E-state index < -0.39 is 68.1 Å². The highest BCUT2D eigenvalue weighted by molar-refractivity contribution is 7.98. The van der Waals surface area contributed by atoms with Gasteiger partial charge < -0.3 is 14.4 Å². The maximum absolute atomic E-state index is 15.0. The molecule has 1 heterocycles. The Morgan fingerprint density at radius 3 is 1.91 bits per heavy atom. The third-order valence-corrected chi connectivity index (χ3v) is 11.3. The molecule has 0 saturated heterocycles. The summed E-state index contributed by atoms with van der Waals surface area (Å²) in [6.07, 6.45) is -3.21. The van der Waals surface area contributed by atoms with Crippen LogP contribution in [-0.2, 0) is 41.4 Å². The molecule has 0 N–H and O–H groups in total. The molecule has 4 aromatic rings. The first-order valence-corrected chi connectivity index (χ1v) is 18.7. The van der Waals surface area contributed by atoms with Gasteiger partial charge in [-0.15, -0.1) is 0 Å². The molecule has 5 rings (SSSR count). The third-order valence-electron chi connectivity index (χ3n) is 10.3. The lowest BCUT2D eigenvalue weighted by Crippen LogP contribution is -2.78. The number of hydrogen-bond acceptors (Lipinski definition) is 5. The quantitative estimate of drug-likeness (QED) is 0.0784. The van der Waals surface area contributed by atoms with Gasteiger partial charge in [0.1, 0.15) is 43.7 Å². The molecule has 0 spiro atoms. The summed E-state index contributed by atoms with van der Waals surface area (Å²) in [5.41, 5.74) is -1.48. The van der Waals surface area contributed by atoms with Crippen molar-refractivity contribution in [2.45, 2.75) is 72.8 Å². The molecule has 1 aliphatic carbocycles. The van der Waals surface area contributed by atoms with Gasteiger partial charge >= 0.3 is 6.18 Å². The van der Waals surface area contributed by atoms with Gasteiger partial charge in [-0.05, 0) is 89.3 Å². The van der Waals surface area contributed by atoms with E-state index in [0.29, 0.717) is 41.0 Å². The highest BCUT2D eigenvalue weighted by Gasteiger charge is 2.50. The predicted octanol–water partition coefficient (Wildman–Crippen LogP) is -0.676. The van der Waals surface area contributed by atoms with E-state index in [-0.39, 0.29) is 46.1 Å². The second-order valence-electron chi connectivity index (χ2n) is 13.8. The normalized spacial score (nSPS) is 13.5. The maximum atomic E-state index is 15.0. The highest BCUT2D eigenvalue weighted by atomic mass is 32.2. The number of carbonyl (C=O) groups is 1. The predicted molar refractivity (Wildman–Crippen MR) is 226 cm³/mol. The summed E-state index contributed by atoms with van der Waals surface area (Å²) >= 11 is 1.12. The molecular weight excluding hydrogens is 737 g/mol. The molecule has 3 aromatic carbocycles. The van der Waals surface area contributed by atoms with E-state index in [1.54, 1.807) is 26.0 Å². The zero-order valence-electron chi connectivity index (χ0n) is 31.4. The minimum absolute atomic E-state index is 0.0317. The molecule has 0 aliphatic heterocycles. The second-order valence-corrected chi connectivity index (χ2v) is 14.8. The minimum atomic E-state index is -4.62. The largest absolute Gasteiger partial charge is 0.416 e. The van der Waals surface area contributed by atoms with Gasteiger partial charge in [0.2, 0.25) is 5.91 Å². The average molecular weight is 765 g/mol. The fraction of sp³-hybridized carbons (Fsp3) is 0.361. The number of rotatable bonds is 13. The summed E-state index contributed by atoms with van der Waals surface area (Å²) in [6, 6.07) is 9.64. The monoisotopic (exact) mass is 766 g/mol. The number of fused-ring (bicyclic) bond motifs is 1. The first kappa shape index (κ1) is 44.8. The number of nitrogens with zero attached hydrogens (tertiary/aromatic N) is 4. The van der Waals surface area contributed by atoms with Crippen molar-refractivity contribution in [1.82, 2.24) is 19.4 Å². The topological polar surface area (TPSA) is 58.4 Å². The first-order valence-electron chi connectivity index (χ1n) is 17.8. The van der Waals surface area contributed by atoms with Gasteiger partial charge in [0.25, 0.3) is 5.56 Å². The smallest absolute Gasteiger partial charge is 0.360 e. The number of likely N-dealkylation sites (N-methyl/N-ethyl adjacent to an activating group) is 1. The molecule has 0 saturated carbocycles. The van der Waals surface area contributed by atoms with Crippen LogP contribution in [0.25, 0.3) is 11.1 Å². The SMILES string of the molecule is [B]c1c([B])c(C([B])([B])N(C(=O)Cn2c(SCc3ccc(F)cc3)nc(=O)c3c2CCC3)C([B])([B])C([B])([B])N(CC)CC)c([B])c([B])c1-c1ccc(C(F)(F)F)cc1. The van der Waals surface area contributed by atoms with Crippen molar-refractivity contribution in [3.63, 3.8) is 0 Å². The van der Waals surface area contributed by atoms with Crippen molar-refractivity contribution in [3.8, 4) is 11.1 Å². The molecule has 1 amide bonds. The second kappa shape index (κ2) is 16.7. The number of halogens is 4. The summed E-state index contributed by atoms with van der Waals surface area (Å²) in [5, 5.41) is -7.50. The third kappa shape index (κ3) is 8.43. The lowest BCUT2D eigenvalue weighted by Gasteiger charge is -2.62. The number of hydrogen-bond donors (Lipinski definition) is 0. The molecule has 1 aliphatic rings. The van der Waals surface area contributed by atoms with Crippen molar-refractivity contribution in [1.29, 1.82) is 0 Å². The summed E-state index contributed by atoms with van der Waals surface area (Å²) in [6.45, 7) is 3.20. The Hall–Kier alpha value is -3.31. The van der Waals surface area contributed by atoms with Crippen LogP contribution in [0.1, 0.15) is 48.2 Å². The molecule has 1 aromatic heterocycles. The molecule has 0 atom stereocenters. The molecule has 20 radical (unpaired) electrons. The van der Waals surface area contributed by atoms with Crippen LogP contribution < -0.4 is 27.4 Å². The van der Waals surface area contributed by atoms with Crippen molar-refractivity contribution in [3.05, 3.63) is 92.6 Å². The standard InChI is InChI=1S/C36H28B10F4N4O2S/c1-3-52(4-2)35(43,44)36(45,46)54(24(55)16-53-23-7-5-6-22(23)31(56)51-32(53)57-17-18-8-14-21(47)15-9-18)33(41,42)26-29(39)27(37)25(28(38)30(26)40)19-10-12-20(13-11-19)34(48,49)50/h8-15H,3-7,16-17H2,1-2H3. The Morgan fingerprint density at radius 2 is 1.39 bits per heavy atom. The molecule has 6 nitrogen and oxygen atoms in total. The van der Waals surface area contributed by atoms with Crippen LogP contribution in [-0.4, -0.2) is 127 Å². The molecule has 268 valence electrons. The first-order chi connectivity index (χ1) is 26.5. The van der Waals surface area contributed by atoms with E-state index in [2.05, 4.69) is 4.98 Å². The van der Waals surface area contributed by atoms with Crippen LogP contribution in [0.5, 0.6) is 0 Å². The Kier molecular flexibility index (Phi) is 13.2. The minimum Gasteiger partial charge on any atom is -0.360 e. The summed E-state index contributed by atoms with van der Waals surface area (Å²) in [4.78, 5) is 34.6. The number of alkyl halides is 3. The summed E-state index contributed by atoms with van der Waals surface area (Å²) in [7, 11) is 67.0. The van der Waals surface area contributed by atoms with Gasteiger partial charge in [0.15, 0.2) is 5.16 Å². The molecule has 57 heavy (non-hydrogen) atoms. The van der Waals surface area contributed by atoms with E-state index in [1.807, 2.05) is 0 Å². The average Bonchev–Trinajstić information content (AvgIpc) is 3.63. The number of carbonyl (C=O) groups excluding carboxylic acids is 1. The lowest BCUT2D eigenvalue weighted by atomic mass is 9.34. The van der Waals surface area contributed by atoms with E-state index in [4.69, 9.17) is 78.5 Å².